The summed E-state index contributed by atoms with van der Waals surface area (Å²) in [5.74, 6) is 0. The van der Waals surface area contributed by atoms with Crippen molar-refractivity contribution in [1.82, 2.24) is 0 Å². The molecule has 0 spiro atoms. The van der Waals surface area contributed by atoms with Gasteiger partial charge in [0.1, 0.15) is 13.1 Å². The van der Waals surface area contributed by atoms with Crippen LogP contribution in [0, 0.1) is 4.91 Å². The van der Waals surface area contributed by atoms with Crippen molar-refractivity contribution in [1.29, 1.82) is 0 Å². The molecule has 0 rings (SSSR count). The summed E-state index contributed by atoms with van der Waals surface area (Å²) in [6, 6.07) is 0. The number of nitroso groups, excluding NO2 is 1. The second kappa shape index (κ2) is 6.21. The first-order valence-electron chi connectivity index (χ1n) is 3.63. The van der Waals surface area contributed by atoms with Gasteiger partial charge in [-0.2, -0.15) is 5.21 Å². The summed E-state index contributed by atoms with van der Waals surface area (Å²) in [5, 5.41) is 11.9. The monoisotopic (exact) mass is 164 g/mol. The van der Waals surface area contributed by atoms with E-state index in [0.717, 1.165) is 12.8 Å². The van der Waals surface area contributed by atoms with Crippen LogP contribution in [0.15, 0.2) is 5.29 Å². The zero-order valence-electron chi connectivity index (χ0n) is 7.03. The SMILES string of the molecule is CCC[N+](O)(CCC)N=O.[OH-]. The maximum atomic E-state index is 10.1. The third-order valence-electron chi connectivity index (χ3n) is 1.32. The average molecular weight is 164 g/mol. The van der Waals surface area contributed by atoms with Gasteiger partial charge in [-0.15, -0.1) is 0 Å². The highest BCUT2D eigenvalue weighted by Crippen LogP contribution is 2.04. The van der Waals surface area contributed by atoms with Gasteiger partial charge < -0.3 is 5.48 Å². The Hall–Kier alpha value is -0.520. The van der Waals surface area contributed by atoms with Crippen molar-refractivity contribution in [3.05, 3.63) is 4.91 Å². The van der Waals surface area contributed by atoms with E-state index in [9.17, 15) is 10.1 Å². The third-order valence-corrected chi connectivity index (χ3v) is 1.32. The van der Waals surface area contributed by atoms with Gasteiger partial charge in [0.2, 0.25) is 0 Å². The summed E-state index contributed by atoms with van der Waals surface area (Å²) < 4.78 is -0.674. The fourth-order valence-corrected chi connectivity index (χ4v) is 0.910. The molecule has 0 atom stereocenters. The Morgan fingerprint density at radius 2 is 1.64 bits per heavy atom. The molecule has 0 amide bonds. The van der Waals surface area contributed by atoms with Crippen LogP contribution in [0.25, 0.3) is 0 Å². The first-order valence-corrected chi connectivity index (χ1v) is 3.63. The predicted octanol–water partition coefficient (Wildman–Crippen LogP) is 1.52. The summed E-state index contributed by atoms with van der Waals surface area (Å²) >= 11 is 0. The topological polar surface area (TPSA) is 79.7 Å². The van der Waals surface area contributed by atoms with Crippen LogP contribution in [0.5, 0.6) is 0 Å². The lowest BCUT2D eigenvalue weighted by Gasteiger charge is -2.17. The lowest BCUT2D eigenvalue weighted by atomic mass is 10.4. The largest absolute Gasteiger partial charge is 0.870 e. The van der Waals surface area contributed by atoms with Gasteiger partial charge in [0.25, 0.3) is 0 Å². The number of quaternary nitrogens is 1. The van der Waals surface area contributed by atoms with E-state index in [1.165, 1.54) is 0 Å². The Morgan fingerprint density at radius 3 is 1.82 bits per heavy atom. The normalized spacial score (nSPS) is 10.5. The highest BCUT2D eigenvalue weighted by atomic mass is 16.6. The first-order chi connectivity index (χ1) is 4.68. The van der Waals surface area contributed by atoms with Crippen molar-refractivity contribution in [2.45, 2.75) is 26.7 Å². The highest BCUT2D eigenvalue weighted by Gasteiger charge is 2.24. The fourth-order valence-electron chi connectivity index (χ4n) is 0.910. The zero-order valence-corrected chi connectivity index (χ0v) is 7.03. The minimum Gasteiger partial charge on any atom is -0.870 e. The van der Waals surface area contributed by atoms with Gasteiger partial charge in [-0.05, 0) is 17.6 Å². The van der Waals surface area contributed by atoms with Gasteiger partial charge in [0.15, 0.2) is 5.29 Å². The molecule has 0 aromatic carbocycles. The maximum absolute atomic E-state index is 10.1. The van der Waals surface area contributed by atoms with E-state index in [1.54, 1.807) is 0 Å². The molecule has 2 N–H and O–H groups in total. The summed E-state index contributed by atoms with van der Waals surface area (Å²) in [6.07, 6.45) is 1.53. The minimum atomic E-state index is -0.674. The summed E-state index contributed by atoms with van der Waals surface area (Å²) in [7, 11) is 0. The quantitative estimate of drug-likeness (QED) is 0.380. The molecule has 0 aromatic rings. The molecule has 0 aliphatic carbocycles. The number of rotatable bonds is 5. The minimum absolute atomic E-state index is 0. The van der Waals surface area contributed by atoms with Crippen molar-refractivity contribution in [2.24, 2.45) is 5.29 Å². The van der Waals surface area contributed by atoms with Crippen LogP contribution in [0.4, 0.5) is 0 Å². The van der Waals surface area contributed by atoms with Gasteiger partial charge in [0.05, 0.1) is 0 Å². The van der Waals surface area contributed by atoms with Crippen molar-refractivity contribution >= 4 is 0 Å². The molecule has 0 aromatic heterocycles. The summed E-state index contributed by atoms with van der Waals surface area (Å²) in [4.78, 5) is 10.1. The van der Waals surface area contributed by atoms with Gasteiger partial charge in [0, 0.05) is 0 Å². The van der Waals surface area contributed by atoms with E-state index in [4.69, 9.17) is 0 Å². The Balaban J connectivity index is 0. The van der Waals surface area contributed by atoms with Crippen LogP contribution in [0.2, 0.25) is 0 Å². The maximum Gasteiger partial charge on any atom is 0.189 e. The molecule has 0 aliphatic heterocycles. The molecule has 0 aliphatic rings. The zero-order chi connectivity index (χ0) is 8.04. The van der Waals surface area contributed by atoms with E-state index < -0.39 is 4.76 Å². The van der Waals surface area contributed by atoms with E-state index in [2.05, 4.69) is 5.29 Å². The average Bonchev–Trinajstić information content (AvgIpc) is 1.89. The van der Waals surface area contributed by atoms with Gasteiger partial charge >= 0.3 is 0 Å². The fraction of sp³-hybridized carbons (Fsp3) is 1.00. The number of nitrogens with zero attached hydrogens (tertiary/aromatic N) is 2. The van der Waals surface area contributed by atoms with Crippen LogP contribution in [-0.4, -0.2) is 28.5 Å². The second-order valence-electron chi connectivity index (χ2n) is 2.41. The molecule has 68 valence electrons. The van der Waals surface area contributed by atoms with Crippen LogP contribution < -0.4 is 0 Å². The molecule has 0 saturated carbocycles. The Kier molecular flexibility index (Phi) is 7.39. The molecule has 0 unspecified atom stereocenters. The van der Waals surface area contributed by atoms with Gasteiger partial charge in [-0.3, -0.25) is 0 Å². The van der Waals surface area contributed by atoms with E-state index >= 15 is 0 Å². The van der Waals surface area contributed by atoms with Crippen molar-refractivity contribution in [3.8, 4) is 0 Å². The van der Waals surface area contributed by atoms with Gasteiger partial charge in [-0.1, -0.05) is 18.8 Å². The smallest absolute Gasteiger partial charge is 0.189 e. The van der Waals surface area contributed by atoms with Crippen LogP contribution >= 0.6 is 0 Å². The first kappa shape index (κ1) is 13.1. The Morgan fingerprint density at radius 1 is 1.27 bits per heavy atom. The van der Waals surface area contributed by atoms with E-state index in [0.29, 0.717) is 13.1 Å². The van der Waals surface area contributed by atoms with Crippen molar-refractivity contribution < 1.29 is 15.4 Å². The third kappa shape index (κ3) is 4.83. The van der Waals surface area contributed by atoms with Crippen molar-refractivity contribution in [2.75, 3.05) is 13.1 Å². The molecule has 11 heavy (non-hydrogen) atoms. The van der Waals surface area contributed by atoms with E-state index in [-0.39, 0.29) is 5.48 Å². The molecule has 0 fully saturated rings. The summed E-state index contributed by atoms with van der Waals surface area (Å²) in [5.41, 5.74) is 0. The lowest BCUT2D eigenvalue weighted by Crippen LogP contribution is -2.39. The molecule has 5 heteroatoms. The molecule has 0 heterocycles. The van der Waals surface area contributed by atoms with Crippen LogP contribution in [0.1, 0.15) is 26.7 Å². The number of hydrogen-bond acceptors (Lipinski definition) is 4. The standard InChI is InChI=1S/C6H15N2O2.H2O/c1-3-5-8(10,7-9)6-4-2;/h10H,3-6H2,1-2H3;1H2/q+1;/p-1. The Labute approximate surface area is 66.4 Å². The molecule has 0 bridgehead atoms. The molecule has 5 nitrogen and oxygen atoms in total. The highest BCUT2D eigenvalue weighted by molar-refractivity contribution is 4.27. The molecule has 0 radical (unpaired) electrons. The van der Waals surface area contributed by atoms with Crippen molar-refractivity contribution in [3.63, 3.8) is 0 Å². The molecular weight excluding hydrogens is 148 g/mol. The second-order valence-corrected chi connectivity index (χ2v) is 2.41. The predicted molar refractivity (Wildman–Crippen MR) is 40.1 cm³/mol. The molecule has 0 saturated heterocycles. The van der Waals surface area contributed by atoms with Gasteiger partial charge in [-0.25, -0.2) is 0 Å². The Bertz CT molecular complexity index is 102. The van der Waals surface area contributed by atoms with E-state index in [1.807, 2.05) is 13.8 Å². The van der Waals surface area contributed by atoms with Crippen LogP contribution in [0.3, 0.4) is 0 Å². The van der Waals surface area contributed by atoms with Crippen LogP contribution in [-0.2, 0) is 0 Å². The molecular formula is C6H16N2O3. The number of hydrogen-bond donors (Lipinski definition) is 1. The summed E-state index contributed by atoms with van der Waals surface area (Å²) in [6.45, 7) is 4.64. The number of hydroxylamine groups is 2. The lowest BCUT2D eigenvalue weighted by molar-refractivity contribution is -1.11.